The molecule has 0 spiro atoms. The van der Waals surface area contributed by atoms with E-state index < -0.39 is 12.1 Å². The number of benzene rings is 3. The number of alkyl carbamates (subject to hydrolysis) is 1. The van der Waals surface area contributed by atoms with Crippen molar-refractivity contribution in [3.63, 3.8) is 0 Å². The molecule has 7 nitrogen and oxygen atoms in total. The Bertz CT molecular complexity index is 1180. The summed E-state index contributed by atoms with van der Waals surface area (Å²) in [5, 5.41) is 14.4. The molecular weight excluding hydrogens is 420 g/mol. The fraction of sp³-hybridized carbons (Fsp3) is 0.192. The maximum atomic E-state index is 12.2. The van der Waals surface area contributed by atoms with Gasteiger partial charge < -0.3 is 20.5 Å². The van der Waals surface area contributed by atoms with Gasteiger partial charge in [-0.15, -0.1) is 0 Å². The Morgan fingerprint density at radius 2 is 1.58 bits per heavy atom. The van der Waals surface area contributed by atoms with Gasteiger partial charge in [-0.05, 0) is 46.9 Å². The minimum atomic E-state index is -1.06. The fourth-order valence-corrected chi connectivity index (χ4v) is 4.08. The standard InChI is InChI=1S/C26H24N2O5/c1-16-10-11-17(14-22(16)25(30)31)28-24(29)12-13-27-26(32)33-15-23-20-8-4-2-6-18(20)19-7-3-5-9-21(19)23/h2-11,14,23H,12-13,15H2,1H3,(H,27,32)(H,28,29)(H,30,31). The Morgan fingerprint density at radius 1 is 0.939 bits per heavy atom. The smallest absolute Gasteiger partial charge is 0.407 e. The first-order chi connectivity index (χ1) is 15.9. The largest absolute Gasteiger partial charge is 0.478 e. The summed E-state index contributed by atoms with van der Waals surface area (Å²) in [5.74, 6) is -1.42. The van der Waals surface area contributed by atoms with E-state index in [4.69, 9.17) is 4.74 Å². The summed E-state index contributed by atoms with van der Waals surface area (Å²) in [6.07, 6.45) is -0.561. The van der Waals surface area contributed by atoms with Gasteiger partial charge in [-0.2, -0.15) is 0 Å². The van der Waals surface area contributed by atoms with Gasteiger partial charge in [-0.25, -0.2) is 9.59 Å². The molecule has 0 radical (unpaired) electrons. The lowest BCUT2D eigenvalue weighted by Crippen LogP contribution is -2.29. The Balaban J connectivity index is 1.26. The molecule has 3 aromatic carbocycles. The number of ether oxygens (including phenoxy) is 1. The van der Waals surface area contributed by atoms with Gasteiger partial charge in [0.2, 0.25) is 5.91 Å². The van der Waals surface area contributed by atoms with Crippen LogP contribution in [-0.2, 0) is 9.53 Å². The zero-order valence-electron chi connectivity index (χ0n) is 18.1. The molecule has 3 aromatic rings. The van der Waals surface area contributed by atoms with Crippen LogP contribution in [0.1, 0.15) is 39.4 Å². The third-order valence-corrected chi connectivity index (χ3v) is 5.72. The van der Waals surface area contributed by atoms with Crippen molar-refractivity contribution in [1.82, 2.24) is 5.32 Å². The van der Waals surface area contributed by atoms with E-state index in [-0.39, 0.29) is 37.0 Å². The molecule has 0 saturated carbocycles. The minimum absolute atomic E-state index is 0.0283. The van der Waals surface area contributed by atoms with Crippen molar-refractivity contribution in [1.29, 1.82) is 0 Å². The number of nitrogens with one attached hydrogen (secondary N) is 2. The Morgan fingerprint density at radius 3 is 2.21 bits per heavy atom. The van der Waals surface area contributed by atoms with E-state index in [0.29, 0.717) is 11.3 Å². The summed E-state index contributed by atoms with van der Waals surface area (Å²) in [6, 6.07) is 20.9. The first-order valence-corrected chi connectivity index (χ1v) is 10.7. The molecule has 1 aliphatic rings. The molecule has 4 rings (SSSR count). The summed E-state index contributed by atoms with van der Waals surface area (Å²) < 4.78 is 5.45. The molecule has 0 bridgehead atoms. The van der Waals surface area contributed by atoms with Crippen LogP contribution in [0.4, 0.5) is 10.5 Å². The maximum Gasteiger partial charge on any atom is 0.407 e. The second-order valence-electron chi connectivity index (χ2n) is 7.89. The third kappa shape index (κ3) is 4.87. The number of fused-ring (bicyclic) bond motifs is 3. The number of carboxylic acids is 1. The maximum absolute atomic E-state index is 12.2. The first kappa shape index (κ1) is 22.1. The first-order valence-electron chi connectivity index (χ1n) is 10.7. The molecule has 7 heteroatoms. The van der Waals surface area contributed by atoms with Crippen LogP contribution in [0.15, 0.2) is 66.7 Å². The topological polar surface area (TPSA) is 105 Å². The molecule has 0 aromatic heterocycles. The second kappa shape index (κ2) is 9.56. The number of carbonyl (C=O) groups excluding carboxylic acids is 2. The normalized spacial score (nSPS) is 11.9. The second-order valence-corrected chi connectivity index (χ2v) is 7.89. The highest BCUT2D eigenvalue weighted by atomic mass is 16.5. The van der Waals surface area contributed by atoms with Crippen LogP contribution in [-0.4, -0.2) is 36.2 Å². The summed E-state index contributed by atoms with van der Waals surface area (Å²) in [7, 11) is 0. The summed E-state index contributed by atoms with van der Waals surface area (Å²) in [4.78, 5) is 35.6. The van der Waals surface area contributed by atoms with Gasteiger partial charge in [0.25, 0.3) is 0 Å². The Hall–Kier alpha value is -4.13. The van der Waals surface area contributed by atoms with Crippen molar-refractivity contribution in [2.24, 2.45) is 0 Å². The zero-order valence-corrected chi connectivity index (χ0v) is 18.1. The van der Waals surface area contributed by atoms with Crippen molar-refractivity contribution in [3.05, 3.63) is 89.0 Å². The average molecular weight is 444 g/mol. The fourth-order valence-electron chi connectivity index (χ4n) is 4.08. The molecule has 0 atom stereocenters. The third-order valence-electron chi connectivity index (χ3n) is 5.72. The van der Waals surface area contributed by atoms with Crippen molar-refractivity contribution in [2.75, 3.05) is 18.5 Å². The molecule has 0 unspecified atom stereocenters. The predicted molar refractivity (Wildman–Crippen MR) is 124 cm³/mol. The number of hydrogen-bond acceptors (Lipinski definition) is 4. The van der Waals surface area contributed by atoms with Gasteiger partial charge in [-0.3, -0.25) is 4.79 Å². The monoisotopic (exact) mass is 444 g/mol. The van der Waals surface area contributed by atoms with Gasteiger partial charge in [-0.1, -0.05) is 54.6 Å². The van der Waals surface area contributed by atoms with E-state index in [2.05, 4.69) is 22.8 Å². The van der Waals surface area contributed by atoms with Crippen LogP contribution in [0, 0.1) is 6.92 Å². The van der Waals surface area contributed by atoms with E-state index in [1.807, 2.05) is 36.4 Å². The van der Waals surface area contributed by atoms with Crippen LogP contribution in [0.25, 0.3) is 11.1 Å². The summed E-state index contributed by atoms with van der Waals surface area (Å²) in [5.41, 5.74) is 5.70. The average Bonchev–Trinajstić information content (AvgIpc) is 3.12. The molecule has 0 saturated heterocycles. The van der Waals surface area contributed by atoms with E-state index in [1.165, 1.54) is 6.07 Å². The number of hydrogen-bond donors (Lipinski definition) is 3. The van der Waals surface area contributed by atoms with Crippen LogP contribution in [0.2, 0.25) is 0 Å². The molecule has 0 heterocycles. The number of carbonyl (C=O) groups is 3. The molecule has 0 fully saturated rings. The SMILES string of the molecule is Cc1ccc(NC(=O)CCNC(=O)OCC2c3ccccc3-c3ccccc32)cc1C(=O)O. The highest BCUT2D eigenvalue weighted by Crippen LogP contribution is 2.44. The number of amides is 2. The van der Waals surface area contributed by atoms with Crippen LogP contribution in [0.5, 0.6) is 0 Å². The van der Waals surface area contributed by atoms with Crippen LogP contribution < -0.4 is 10.6 Å². The molecule has 33 heavy (non-hydrogen) atoms. The molecule has 0 aliphatic heterocycles. The molecular formula is C26H24N2O5. The van der Waals surface area contributed by atoms with E-state index in [1.54, 1.807) is 19.1 Å². The van der Waals surface area contributed by atoms with E-state index in [0.717, 1.165) is 22.3 Å². The van der Waals surface area contributed by atoms with Gasteiger partial charge in [0.15, 0.2) is 0 Å². The number of aromatic carboxylic acids is 1. The molecule has 1 aliphatic carbocycles. The van der Waals surface area contributed by atoms with Gasteiger partial charge in [0, 0.05) is 24.6 Å². The van der Waals surface area contributed by atoms with Gasteiger partial charge >= 0.3 is 12.1 Å². The minimum Gasteiger partial charge on any atom is -0.478 e. The lowest BCUT2D eigenvalue weighted by Gasteiger charge is -2.14. The van der Waals surface area contributed by atoms with Crippen molar-refractivity contribution in [3.8, 4) is 11.1 Å². The van der Waals surface area contributed by atoms with Crippen LogP contribution >= 0.6 is 0 Å². The highest BCUT2D eigenvalue weighted by Gasteiger charge is 2.28. The van der Waals surface area contributed by atoms with Crippen molar-refractivity contribution in [2.45, 2.75) is 19.3 Å². The van der Waals surface area contributed by atoms with Crippen molar-refractivity contribution < 1.29 is 24.2 Å². The van der Waals surface area contributed by atoms with Gasteiger partial charge in [0.1, 0.15) is 6.61 Å². The van der Waals surface area contributed by atoms with E-state index in [9.17, 15) is 19.5 Å². The van der Waals surface area contributed by atoms with Crippen molar-refractivity contribution >= 4 is 23.7 Å². The molecule has 2 amide bonds. The lowest BCUT2D eigenvalue weighted by molar-refractivity contribution is -0.116. The number of aryl methyl sites for hydroxylation is 1. The van der Waals surface area contributed by atoms with E-state index >= 15 is 0 Å². The predicted octanol–water partition coefficient (Wildman–Crippen LogP) is 4.56. The summed E-state index contributed by atoms with van der Waals surface area (Å²) >= 11 is 0. The molecule has 168 valence electrons. The van der Waals surface area contributed by atoms with Crippen LogP contribution in [0.3, 0.4) is 0 Å². The summed E-state index contributed by atoms with van der Waals surface area (Å²) in [6.45, 7) is 1.99. The lowest BCUT2D eigenvalue weighted by atomic mass is 9.98. The van der Waals surface area contributed by atoms with Gasteiger partial charge in [0.05, 0.1) is 5.56 Å². The zero-order chi connectivity index (χ0) is 23.4. The highest BCUT2D eigenvalue weighted by molar-refractivity contribution is 5.95. The quantitative estimate of drug-likeness (QED) is 0.496. The molecule has 3 N–H and O–H groups in total. The number of carboxylic acid groups (broad SMARTS) is 1. The Kier molecular flexibility index (Phi) is 6.40. The Labute approximate surface area is 191 Å². The number of anilines is 1. The number of rotatable bonds is 7.